The van der Waals surface area contributed by atoms with Gasteiger partial charge in [0.2, 0.25) is 0 Å². The molecule has 3 aromatic carbocycles. The van der Waals surface area contributed by atoms with Crippen molar-refractivity contribution in [3.05, 3.63) is 76.8 Å². The molecule has 1 fully saturated rings. The Bertz CT molecular complexity index is 1480. The highest BCUT2D eigenvalue weighted by molar-refractivity contribution is 8.00. The minimum Gasteiger partial charge on any atom is -0.480 e. The molecular formula is C32H36ClN2O4S+. The number of quaternary nitrogens is 1. The molecule has 2 unspecified atom stereocenters. The van der Waals surface area contributed by atoms with E-state index in [1.54, 1.807) is 17.8 Å². The molecule has 0 spiro atoms. The van der Waals surface area contributed by atoms with Gasteiger partial charge in [0.25, 0.3) is 0 Å². The number of fused-ring (bicyclic) bond motifs is 2. The van der Waals surface area contributed by atoms with Gasteiger partial charge in [-0.2, -0.15) is 0 Å². The minimum absolute atomic E-state index is 0.0113. The maximum absolute atomic E-state index is 14.7. The zero-order chi connectivity index (χ0) is 28.9. The summed E-state index contributed by atoms with van der Waals surface area (Å²) < 4.78 is -0.197. The summed E-state index contributed by atoms with van der Waals surface area (Å²) in [5, 5.41) is 16.4. The molecule has 3 aromatic rings. The number of thioether (sulfide) groups is 1. The van der Waals surface area contributed by atoms with E-state index in [2.05, 4.69) is 50.4 Å². The molecule has 0 bridgehead atoms. The van der Waals surface area contributed by atoms with E-state index in [0.717, 1.165) is 27.6 Å². The molecule has 2 N–H and O–H groups in total. The predicted molar refractivity (Wildman–Crippen MR) is 163 cm³/mol. The Hall–Kier alpha value is -2.71. The molecule has 0 saturated carbocycles. The van der Waals surface area contributed by atoms with Crippen LogP contribution in [0.25, 0.3) is 10.8 Å². The highest BCUT2D eigenvalue weighted by Crippen LogP contribution is 2.52. The zero-order valence-electron chi connectivity index (χ0n) is 23.4. The van der Waals surface area contributed by atoms with Gasteiger partial charge in [-0.05, 0) is 35.4 Å². The van der Waals surface area contributed by atoms with Crippen molar-refractivity contribution < 1.29 is 19.5 Å². The fraction of sp³-hybridized carbons (Fsp3) is 0.406. The van der Waals surface area contributed by atoms with Crippen molar-refractivity contribution in [3.63, 3.8) is 0 Å². The molecule has 2 aliphatic heterocycles. The van der Waals surface area contributed by atoms with Gasteiger partial charge < -0.3 is 10.4 Å². The van der Waals surface area contributed by atoms with Crippen molar-refractivity contribution in [2.45, 2.75) is 45.4 Å². The number of rotatable bonds is 5. The smallest absolute Gasteiger partial charge is 0.329 e. The van der Waals surface area contributed by atoms with Gasteiger partial charge >= 0.3 is 11.9 Å². The summed E-state index contributed by atoms with van der Waals surface area (Å²) in [5.74, 6) is -1.53. The monoisotopic (exact) mass is 579 g/mol. The second-order valence-electron chi connectivity index (χ2n) is 12.3. The Balaban J connectivity index is 1.85. The molecule has 0 aliphatic carbocycles. The SMILES string of the molecule is CC(=O)[C@@]1(C(=O)O)CNCC[C@H]1[N+]1(CC(C)(C)C)C(=O)CSC(c2cccc3ccccc23)c2cc(Cl)ccc21. The molecule has 2 heterocycles. The topological polar surface area (TPSA) is 83.5 Å². The zero-order valence-corrected chi connectivity index (χ0v) is 24.9. The summed E-state index contributed by atoms with van der Waals surface area (Å²) in [5.41, 5.74) is 0.607. The van der Waals surface area contributed by atoms with Crippen LogP contribution < -0.4 is 9.80 Å². The third-order valence-electron chi connectivity index (χ3n) is 8.46. The van der Waals surface area contributed by atoms with E-state index in [1.807, 2.05) is 30.3 Å². The molecule has 8 heteroatoms. The lowest BCUT2D eigenvalue weighted by atomic mass is 9.70. The second kappa shape index (κ2) is 10.6. The number of Topliss-reactive ketones (excluding diaryl/α,β-unsaturated/α-hetero) is 1. The number of piperidine rings is 1. The standard InChI is InChI=1S/C32H35ClN2O4S/c1-20(36)32(30(38)39)18-34-15-14-27(32)35(19-31(2,3)4)26-13-12-22(33)16-25(26)29(40-17-28(35)37)24-11-7-9-21-8-5-6-10-23(21)24/h5-13,16,27,29,34H,14-15,17-19H2,1-4H3/p+1/t27-,29?,32+,35?/m1/s1. The maximum atomic E-state index is 14.7. The van der Waals surface area contributed by atoms with E-state index < -0.39 is 23.2 Å². The van der Waals surface area contributed by atoms with Crippen LogP contribution in [0.1, 0.15) is 50.5 Å². The molecule has 2 aliphatic rings. The number of nitrogens with zero attached hydrogens (tertiary/aromatic N) is 1. The van der Waals surface area contributed by atoms with Crippen LogP contribution in [-0.2, 0) is 14.4 Å². The van der Waals surface area contributed by atoms with Gasteiger partial charge in [0.05, 0.1) is 11.8 Å². The number of hydrogen-bond donors (Lipinski definition) is 2. The van der Waals surface area contributed by atoms with Crippen LogP contribution in [0.15, 0.2) is 60.7 Å². The Morgan fingerprint density at radius 1 is 1.10 bits per heavy atom. The fourth-order valence-corrected chi connectivity index (χ4v) is 8.39. The van der Waals surface area contributed by atoms with Crippen molar-refractivity contribution in [1.29, 1.82) is 0 Å². The van der Waals surface area contributed by atoms with Crippen LogP contribution in [-0.4, -0.2) is 54.2 Å². The predicted octanol–water partition coefficient (Wildman–Crippen LogP) is 6.23. The molecule has 210 valence electrons. The molecular weight excluding hydrogens is 544 g/mol. The number of carbonyl (C=O) groups is 3. The molecule has 40 heavy (non-hydrogen) atoms. The maximum Gasteiger partial charge on any atom is 0.329 e. The van der Waals surface area contributed by atoms with Gasteiger partial charge in [-0.1, -0.05) is 74.8 Å². The highest BCUT2D eigenvalue weighted by Gasteiger charge is 2.65. The first-order valence-electron chi connectivity index (χ1n) is 13.7. The summed E-state index contributed by atoms with van der Waals surface area (Å²) in [6, 6.07) is 19.3. The number of ketones is 1. The Kier molecular flexibility index (Phi) is 7.64. The fourth-order valence-electron chi connectivity index (χ4n) is 6.92. The Labute approximate surface area is 244 Å². The molecule has 5 rings (SSSR count). The molecule has 4 atom stereocenters. The van der Waals surface area contributed by atoms with Gasteiger partial charge in [0.1, 0.15) is 17.5 Å². The van der Waals surface area contributed by atoms with Crippen LogP contribution in [0.5, 0.6) is 0 Å². The lowest BCUT2D eigenvalue weighted by molar-refractivity contribution is -0.163. The van der Waals surface area contributed by atoms with Gasteiger partial charge in [-0.15, -0.1) is 11.8 Å². The lowest BCUT2D eigenvalue weighted by Gasteiger charge is -2.52. The quantitative estimate of drug-likeness (QED) is 0.275. The third-order valence-corrected chi connectivity index (χ3v) is 9.95. The molecule has 0 aromatic heterocycles. The van der Waals surface area contributed by atoms with E-state index in [4.69, 9.17) is 11.6 Å². The van der Waals surface area contributed by atoms with E-state index in [9.17, 15) is 19.5 Å². The van der Waals surface area contributed by atoms with Gasteiger partial charge in [-0.25, -0.2) is 9.28 Å². The number of nitrogens with one attached hydrogen (secondary N) is 1. The van der Waals surface area contributed by atoms with E-state index in [1.165, 1.54) is 6.92 Å². The molecule has 1 amide bonds. The van der Waals surface area contributed by atoms with Gasteiger partial charge in [0.15, 0.2) is 11.2 Å². The van der Waals surface area contributed by atoms with Crippen LogP contribution >= 0.6 is 23.4 Å². The summed E-state index contributed by atoms with van der Waals surface area (Å²) in [6.45, 7) is 8.40. The number of carbonyl (C=O) groups excluding carboxylic acids is 2. The van der Waals surface area contributed by atoms with E-state index in [0.29, 0.717) is 24.5 Å². The van der Waals surface area contributed by atoms with Crippen molar-refractivity contribution in [2.75, 3.05) is 25.4 Å². The van der Waals surface area contributed by atoms with Crippen LogP contribution in [0.2, 0.25) is 5.02 Å². The summed E-state index contributed by atoms with van der Waals surface area (Å²) >= 11 is 8.20. The first-order valence-corrected chi connectivity index (χ1v) is 15.1. The van der Waals surface area contributed by atoms with Gasteiger partial charge in [0, 0.05) is 41.6 Å². The number of hydrogen-bond acceptors (Lipinski definition) is 5. The average molecular weight is 580 g/mol. The number of benzene rings is 3. The first-order chi connectivity index (χ1) is 18.9. The Morgan fingerprint density at radius 2 is 1.82 bits per heavy atom. The lowest BCUT2D eigenvalue weighted by Crippen LogP contribution is -2.75. The molecule has 1 saturated heterocycles. The highest BCUT2D eigenvalue weighted by atomic mass is 35.5. The second-order valence-corrected chi connectivity index (χ2v) is 13.8. The number of carboxylic acids is 1. The van der Waals surface area contributed by atoms with Crippen LogP contribution in [0, 0.1) is 10.8 Å². The normalized spacial score (nSPS) is 27.2. The summed E-state index contributed by atoms with van der Waals surface area (Å²) in [6.07, 6.45) is 0.374. The molecule has 6 nitrogen and oxygen atoms in total. The minimum atomic E-state index is -1.75. The van der Waals surface area contributed by atoms with Gasteiger partial charge in [-0.3, -0.25) is 9.59 Å². The third kappa shape index (κ3) is 4.67. The number of halogens is 1. The Morgan fingerprint density at radius 3 is 2.52 bits per heavy atom. The summed E-state index contributed by atoms with van der Waals surface area (Å²) in [7, 11) is 0. The van der Waals surface area contributed by atoms with E-state index in [-0.39, 0.29) is 33.4 Å². The van der Waals surface area contributed by atoms with E-state index >= 15 is 0 Å². The largest absolute Gasteiger partial charge is 0.480 e. The molecule has 0 radical (unpaired) electrons. The number of aliphatic carboxylic acids is 1. The van der Waals surface area contributed by atoms with Crippen molar-refractivity contribution in [2.24, 2.45) is 10.8 Å². The van der Waals surface area contributed by atoms with Crippen molar-refractivity contribution >= 4 is 57.5 Å². The van der Waals surface area contributed by atoms with Crippen molar-refractivity contribution in [3.8, 4) is 0 Å². The average Bonchev–Trinajstić information content (AvgIpc) is 3.01. The number of amides is 1. The first kappa shape index (κ1) is 28.8. The van der Waals surface area contributed by atoms with Crippen molar-refractivity contribution in [1.82, 2.24) is 9.80 Å². The van der Waals surface area contributed by atoms with Crippen LogP contribution in [0.3, 0.4) is 0 Å². The summed E-state index contributed by atoms with van der Waals surface area (Å²) in [4.78, 5) is 41.1. The van der Waals surface area contributed by atoms with Crippen LogP contribution in [0.4, 0.5) is 5.69 Å². The number of carboxylic acid groups (broad SMARTS) is 1.